The van der Waals surface area contributed by atoms with Crippen molar-refractivity contribution in [1.82, 2.24) is 24.8 Å². The third-order valence-corrected chi connectivity index (χ3v) is 8.21. The Balaban J connectivity index is 1.51. The van der Waals surface area contributed by atoms with E-state index in [1.54, 1.807) is 36.4 Å². The van der Waals surface area contributed by atoms with E-state index in [2.05, 4.69) is 6.07 Å². The molecule has 6 aromatic rings. The number of hydrogen-bond donors (Lipinski definition) is 0. The van der Waals surface area contributed by atoms with Gasteiger partial charge in [0.1, 0.15) is 0 Å². The predicted octanol–water partition coefficient (Wildman–Crippen LogP) is -0.217. The molecule has 13 nitrogen and oxygen atoms in total. The normalized spacial score (nSPS) is 11.3. The number of carbonyl (C=O) groups is 4. The number of carboxylic acid groups (broad SMARTS) is 4. The van der Waals surface area contributed by atoms with E-state index >= 15 is 0 Å². The van der Waals surface area contributed by atoms with Crippen LogP contribution in [0.1, 0.15) is 11.4 Å². The first-order chi connectivity index (χ1) is 25.0. The lowest BCUT2D eigenvalue weighted by molar-refractivity contribution is -0.313. The van der Waals surface area contributed by atoms with Crippen LogP contribution in [-0.4, -0.2) is 74.8 Å². The second-order valence-electron chi connectivity index (χ2n) is 12.1. The fourth-order valence-electron chi connectivity index (χ4n) is 6.21. The van der Waals surface area contributed by atoms with Gasteiger partial charge in [0.25, 0.3) is 0 Å². The highest BCUT2D eigenvalue weighted by molar-refractivity contribution is 6.13. The number of fused-ring (bicyclic) bond motifs is 2. The summed E-state index contributed by atoms with van der Waals surface area (Å²) in [6.45, 7) is -2.80. The molecule has 0 N–H and O–H groups in total. The summed E-state index contributed by atoms with van der Waals surface area (Å²) in [7, 11) is 0. The number of carbonyl (C=O) groups excluding carboxylic acids is 4. The highest BCUT2D eigenvalue weighted by Crippen LogP contribution is 2.39. The van der Waals surface area contributed by atoms with Crippen molar-refractivity contribution in [2.75, 3.05) is 26.2 Å². The number of pyridine rings is 3. The lowest BCUT2D eigenvalue weighted by atomic mass is 9.91. The summed E-state index contributed by atoms with van der Waals surface area (Å²) in [6, 6.07) is 32.0. The van der Waals surface area contributed by atoms with Crippen molar-refractivity contribution < 1.29 is 39.6 Å². The van der Waals surface area contributed by atoms with Gasteiger partial charge in [-0.05, 0) is 75.1 Å². The fourth-order valence-corrected chi connectivity index (χ4v) is 6.21. The summed E-state index contributed by atoms with van der Waals surface area (Å²) in [4.78, 5) is 61.9. The first-order valence-electron chi connectivity index (χ1n) is 16.1. The Kier molecular flexibility index (Phi) is 10.5. The zero-order chi connectivity index (χ0) is 36.8. The summed E-state index contributed by atoms with van der Waals surface area (Å²) in [5.74, 6) is -5.79. The molecule has 0 unspecified atom stereocenters. The van der Waals surface area contributed by atoms with Crippen molar-refractivity contribution in [3.8, 4) is 33.9 Å². The van der Waals surface area contributed by atoms with Crippen molar-refractivity contribution in [3.63, 3.8) is 0 Å². The number of aromatic nitrogens is 3. The van der Waals surface area contributed by atoms with Gasteiger partial charge in [0.05, 0.1) is 58.0 Å². The molecule has 0 amide bonds. The molecule has 0 fully saturated rings. The highest BCUT2D eigenvalue weighted by atomic mass is 16.4. The maximum atomic E-state index is 11.3. The van der Waals surface area contributed by atoms with Crippen molar-refractivity contribution in [1.29, 1.82) is 0 Å². The van der Waals surface area contributed by atoms with Crippen molar-refractivity contribution in [3.05, 3.63) is 115 Å². The fraction of sp³-hybridized carbons (Fsp3) is 0.154. The average Bonchev–Trinajstić information content (AvgIpc) is 3.09. The van der Waals surface area contributed by atoms with E-state index in [1.807, 2.05) is 60.7 Å². The molecule has 0 radical (unpaired) electrons. The molecular formula is C39H29N5O8-4. The largest absolute Gasteiger partial charge is 0.549 e. The molecule has 0 aliphatic heterocycles. The van der Waals surface area contributed by atoms with E-state index in [9.17, 15) is 39.6 Å². The molecule has 0 atom stereocenters. The molecule has 13 heteroatoms. The number of nitrogens with zero attached hydrogens (tertiary/aromatic N) is 5. The maximum absolute atomic E-state index is 11.3. The molecule has 262 valence electrons. The van der Waals surface area contributed by atoms with Gasteiger partial charge in [0.15, 0.2) is 0 Å². The van der Waals surface area contributed by atoms with E-state index in [0.717, 1.165) is 42.5 Å². The molecule has 0 saturated heterocycles. The van der Waals surface area contributed by atoms with E-state index in [1.165, 1.54) is 0 Å². The molecular weight excluding hydrogens is 666 g/mol. The smallest absolute Gasteiger partial charge is 0.0900 e. The quantitative estimate of drug-likeness (QED) is 0.128. The number of hydrogen-bond acceptors (Lipinski definition) is 13. The minimum atomic E-state index is -1.45. The molecule has 3 aromatic carbocycles. The Hall–Kier alpha value is -6.57. The van der Waals surface area contributed by atoms with E-state index in [-0.39, 0.29) is 13.1 Å². The van der Waals surface area contributed by atoms with Gasteiger partial charge < -0.3 is 39.6 Å². The van der Waals surface area contributed by atoms with Gasteiger partial charge in [0, 0.05) is 39.3 Å². The van der Waals surface area contributed by atoms with Gasteiger partial charge in [-0.3, -0.25) is 9.80 Å². The summed E-state index contributed by atoms with van der Waals surface area (Å²) < 4.78 is 0. The number of benzene rings is 3. The standard InChI is InChI=1S/C39H33N5O8/c45-35(46)20-43(21-36(47)48)18-27-9-5-13-31(40-27)33-16-26(39-29-11-3-1-7-24(29)15-25-8-2-4-12-30(25)39)17-34(42-33)32-14-6-10-28(41-32)19-44(22-37(49)50)23-38(51)52/h1-17H,18-23H2,(H,45,46)(H,47,48)(H,49,50)(H,51,52)/p-4. The number of carboxylic acids is 4. The maximum Gasteiger partial charge on any atom is 0.0900 e. The van der Waals surface area contributed by atoms with E-state index in [4.69, 9.17) is 15.0 Å². The van der Waals surface area contributed by atoms with E-state index < -0.39 is 50.1 Å². The first kappa shape index (κ1) is 35.3. The molecule has 0 saturated carbocycles. The zero-order valence-corrected chi connectivity index (χ0v) is 27.6. The summed E-state index contributed by atoms with van der Waals surface area (Å²) in [6.07, 6.45) is 0. The first-order valence-corrected chi connectivity index (χ1v) is 16.1. The average molecular weight is 696 g/mol. The van der Waals surface area contributed by atoms with Crippen LogP contribution in [0.2, 0.25) is 0 Å². The third-order valence-electron chi connectivity index (χ3n) is 8.21. The Morgan fingerprint density at radius 2 is 0.865 bits per heavy atom. The minimum Gasteiger partial charge on any atom is -0.549 e. The van der Waals surface area contributed by atoms with E-state index in [0.29, 0.717) is 34.2 Å². The second-order valence-corrected chi connectivity index (χ2v) is 12.1. The number of aliphatic carboxylic acids is 4. The van der Waals surface area contributed by atoms with Crippen LogP contribution >= 0.6 is 0 Å². The number of rotatable bonds is 15. The Bertz CT molecular complexity index is 2140. The summed E-state index contributed by atoms with van der Waals surface area (Å²) in [5, 5.41) is 49.2. The van der Waals surface area contributed by atoms with Crippen LogP contribution in [0.15, 0.2) is 103 Å². The Morgan fingerprint density at radius 1 is 0.462 bits per heavy atom. The van der Waals surface area contributed by atoms with Crippen LogP contribution in [-0.2, 0) is 32.3 Å². The van der Waals surface area contributed by atoms with Crippen LogP contribution in [0.25, 0.3) is 55.4 Å². The Morgan fingerprint density at radius 3 is 1.27 bits per heavy atom. The summed E-state index contributed by atoms with van der Waals surface area (Å²) >= 11 is 0. The van der Waals surface area contributed by atoms with Gasteiger partial charge in [-0.25, -0.2) is 15.0 Å². The van der Waals surface area contributed by atoms with Crippen molar-refractivity contribution in [2.24, 2.45) is 0 Å². The van der Waals surface area contributed by atoms with Gasteiger partial charge in [-0.1, -0.05) is 60.7 Å². The third kappa shape index (κ3) is 8.59. The molecule has 0 aliphatic carbocycles. The molecule has 0 spiro atoms. The molecule has 3 aromatic heterocycles. The SMILES string of the molecule is O=C([O-])CN(CC(=O)[O-])Cc1cccc(-c2cc(-c3c4ccccc4cc4ccccc34)cc(-c3cccc(CN(CC(=O)[O-])CC(=O)[O-])n3)n2)n1. The second kappa shape index (κ2) is 15.5. The molecule has 52 heavy (non-hydrogen) atoms. The van der Waals surface area contributed by atoms with Gasteiger partial charge in [-0.15, -0.1) is 0 Å². The molecule has 0 bridgehead atoms. The van der Waals surface area contributed by atoms with Gasteiger partial charge >= 0.3 is 0 Å². The lowest BCUT2D eigenvalue weighted by Crippen LogP contribution is -2.43. The lowest BCUT2D eigenvalue weighted by Gasteiger charge is -2.23. The zero-order valence-electron chi connectivity index (χ0n) is 27.6. The Labute approximate surface area is 297 Å². The van der Waals surface area contributed by atoms with Crippen LogP contribution < -0.4 is 20.4 Å². The van der Waals surface area contributed by atoms with Crippen molar-refractivity contribution in [2.45, 2.75) is 13.1 Å². The van der Waals surface area contributed by atoms with Crippen molar-refractivity contribution >= 4 is 45.4 Å². The van der Waals surface area contributed by atoms with Crippen LogP contribution in [0.3, 0.4) is 0 Å². The monoisotopic (exact) mass is 695 g/mol. The molecule has 3 heterocycles. The van der Waals surface area contributed by atoms with Gasteiger partial charge in [0.2, 0.25) is 0 Å². The summed E-state index contributed by atoms with van der Waals surface area (Å²) in [5.41, 5.74) is 4.15. The molecule has 0 aliphatic rings. The van der Waals surface area contributed by atoms with Crippen LogP contribution in [0.4, 0.5) is 0 Å². The minimum absolute atomic E-state index is 0.117. The predicted molar refractivity (Wildman–Crippen MR) is 182 cm³/mol. The highest BCUT2D eigenvalue weighted by Gasteiger charge is 2.17. The topological polar surface area (TPSA) is 206 Å². The molecule has 6 rings (SSSR count). The van der Waals surface area contributed by atoms with Crippen LogP contribution in [0.5, 0.6) is 0 Å². The van der Waals surface area contributed by atoms with Gasteiger partial charge in [-0.2, -0.15) is 0 Å². The van der Waals surface area contributed by atoms with Crippen LogP contribution in [0, 0.1) is 0 Å².